The molecule has 5 heteroatoms. The van der Waals surface area contributed by atoms with Gasteiger partial charge in [-0.25, -0.2) is 4.39 Å². The van der Waals surface area contributed by atoms with Crippen LogP contribution in [0.5, 0.6) is 0 Å². The van der Waals surface area contributed by atoms with Crippen molar-refractivity contribution in [3.8, 4) is 0 Å². The second-order valence-corrected chi connectivity index (χ2v) is 7.61. The molecule has 0 spiro atoms. The Morgan fingerprint density at radius 2 is 2.17 bits per heavy atom. The Morgan fingerprint density at radius 3 is 2.83 bits per heavy atom. The minimum absolute atomic E-state index is 0.129. The predicted octanol–water partition coefficient (Wildman–Crippen LogP) is 3.62. The molecule has 1 fully saturated rings. The van der Waals surface area contributed by atoms with Gasteiger partial charge in [0.2, 0.25) is 0 Å². The van der Waals surface area contributed by atoms with Gasteiger partial charge in [-0.2, -0.15) is 23.5 Å². The molecule has 0 bridgehead atoms. The third kappa shape index (κ3) is 3.56. The number of thioether (sulfide) groups is 2. The summed E-state index contributed by atoms with van der Waals surface area (Å²) in [4.78, 5) is 0. The fourth-order valence-corrected chi connectivity index (χ4v) is 5.06. The second kappa shape index (κ2) is 6.51. The Bertz CT molecular complexity index is 416. The summed E-state index contributed by atoms with van der Waals surface area (Å²) >= 11 is 9.35. The Kier molecular flexibility index (Phi) is 5.24. The zero-order valence-corrected chi connectivity index (χ0v) is 12.5. The van der Waals surface area contributed by atoms with Crippen LogP contribution in [0, 0.1) is 5.82 Å². The summed E-state index contributed by atoms with van der Waals surface area (Å²) in [5.41, 5.74) is 0.799. The summed E-state index contributed by atoms with van der Waals surface area (Å²) in [6.45, 7) is 2.15. The van der Waals surface area contributed by atoms with E-state index in [0.29, 0.717) is 11.7 Å². The molecule has 0 amide bonds. The van der Waals surface area contributed by atoms with Gasteiger partial charge in [-0.15, -0.1) is 0 Å². The monoisotopic (exact) mass is 306 g/mol. The standard InChI is InChI=1S/C13H16ClFOS2/c1-8-13(18-5-4-17-8)12(16)7-9-2-3-10(14)11(15)6-9/h2-3,6,8,12-13,16H,4-5,7H2,1H3. The molecule has 3 unspecified atom stereocenters. The van der Waals surface area contributed by atoms with E-state index in [4.69, 9.17) is 11.6 Å². The highest BCUT2D eigenvalue weighted by Crippen LogP contribution is 2.34. The highest BCUT2D eigenvalue weighted by atomic mass is 35.5. The van der Waals surface area contributed by atoms with Crippen LogP contribution in [0.2, 0.25) is 5.02 Å². The molecule has 1 aromatic carbocycles. The first-order valence-electron chi connectivity index (χ1n) is 5.93. The maximum atomic E-state index is 13.3. The lowest BCUT2D eigenvalue weighted by Crippen LogP contribution is -2.36. The van der Waals surface area contributed by atoms with Gasteiger partial charge in [-0.3, -0.25) is 0 Å². The van der Waals surface area contributed by atoms with Crippen molar-refractivity contribution < 1.29 is 9.50 Å². The van der Waals surface area contributed by atoms with E-state index in [1.165, 1.54) is 6.07 Å². The molecule has 1 aliphatic heterocycles. The number of hydrogen-bond donors (Lipinski definition) is 1. The summed E-state index contributed by atoms with van der Waals surface area (Å²) < 4.78 is 13.3. The van der Waals surface area contributed by atoms with E-state index in [-0.39, 0.29) is 10.3 Å². The Hall–Kier alpha value is 0.1000. The van der Waals surface area contributed by atoms with Crippen molar-refractivity contribution in [2.45, 2.75) is 29.9 Å². The first-order valence-corrected chi connectivity index (χ1v) is 8.40. The molecule has 100 valence electrons. The van der Waals surface area contributed by atoms with Crippen molar-refractivity contribution in [1.82, 2.24) is 0 Å². The van der Waals surface area contributed by atoms with Crippen LogP contribution in [0.1, 0.15) is 12.5 Å². The fourth-order valence-electron chi connectivity index (χ4n) is 2.10. The van der Waals surface area contributed by atoms with E-state index in [1.54, 1.807) is 12.1 Å². The largest absolute Gasteiger partial charge is 0.392 e. The molecule has 18 heavy (non-hydrogen) atoms. The van der Waals surface area contributed by atoms with E-state index in [1.807, 2.05) is 23.5 Å². The Labute approximate surface area is 120 Å². The number of aliphatic hydroxyl groups is 1. The number of hydrogen-bond acceptors (Lipinski definition) is 3. The molecule has 1 aromatic rings. The molecule has 3 atom stereocenters. The predicted molar refractivity (Wildman–Crippen MR) is 79.3 cm³/mol. The van der Waals surface area contributed by atoms with Gasteiger partial charge in [-0.1, -0.05) is 24.6 Å². The molecule has 1 aliphatic rings. The van der Waals surface area contributed by atoms with Crippen LogP contribution in [0.4, 0.5) is 4.39 Å². The van der Waals surface area contributed by atoms with Crippen LogP contribution in [0.25, 0.3) is 0 Å². The highest BCUT2D eigenvalue weighted by molar-refractivity contribution is 8.07. The lowest BCUT2D eigenvalue weighted by Gasteiger charge is -2.31. The van der Waals surface area contributed by atoms with Crippen molar-refractivity contribution in [1.29, 1.82) is 0 Å². The SMILES string of the molecule is CC1SCCSC1C(O)Cc1ccc(Cl)c(F)c1. The van der Waals surface area contributed by atoms with Gasteiger partial charge in [0.15, 0.2) is 0 Å². The summed E-state index contributed by atoms with van der Waals surface area (Å²) in [5.74, 6) is 1.80. The molecule has 0 radical (unpaired) electrons. The number of rotatable bonds is 3. The lowest BCUT2D eigenvalue weighted by molar-refractivity contribution is 0.171. The fraction of sp³-hybridized carbons (Fsp3) is 0.538. The number of halogens is 2. The molecular weight excluding hydrogens is 291 g/mol. The van der Waals surface area contributed by atoms with Gasteiger partial charge in [0.05, 0.1) is 11.1 Å². The maximum Gasteiger partial charge on any atom is 0.142 e. The quantitative estimate of drug-likeness (QED) is 0.921. The molecule has 0 saturated carbocycles. The summed E-state index contributed by atoms with van der Waals surface area (Å²) in [7, 11) is 0. The van der Waals surface area contributed by atoms with Gasteiger partial charge in [0, 0.05) is 22.0 Å². The molecule has 1 saturated heterocycles. The molecule has 0 aromatic heterocycles. The highest BCUT2D eigenvalue weighted by Gasteiger charge is 2.29. The zero-order chi connectivity index (χ0) is 13.1. The minimum Gasteiger partial charge on any atom is -0.392 e. The Morgan fingerprint density at radius 1 is 1.44 bits per heavy atom. The van der Waals surface area contributed by atoms with Gasteiger partial charge in [-0.05, 0) is 24.1 Å². The van der Waals surface area contributed by atoms with Crippen LogP contribution in [0.15, 0.2) is 18.2 Å². The Balaban J connectivity index is 2.01. The molecule has 0 aliphatic carbocycles. The summed E-state index contributed by atoms with van der Waals surface area (Å²) in [6.07, 6.45) is 0.0507. The van der Waals surface area contributed by atoms with Crippen LogP contribution >= 0.6 is 35.1 Å². The van der Waals surface area contributed by atoms with Crippen LogP contribution < -0.4 is 0 Å². The minimum atomic E-state index is -0.432. The maximum absolute atomic E-state index is 13.3. The first kappa shape index (κ1) is 14.5. The van der Waals surface area contributed by atoms with E-state index in [9.17, 15) is 9.50 Å². The normalized spacial score (nSPS) is 26.0. The van der Waals surface area contributed by atoms with Crippen molar-refractivity contribution in [2.75, 3.05) is 11.5 Å². The third-order valence-corrected chi connectivity index (χ3v) is 6.59. The smallest absolute Gasteiger partial charge is 0.142 e. The molecular formula is C13H16ClFOS2. The van der Waals surface area contributed by atoms with Crippen molar-refractivity contribution in [3.05, 3.63) is 34.6 Å². The van der Waals surface area contributed by atoms with Crippen LogP contribution in [-0.4, -0.2) is 33.2 Å². The molecule has 1 nitrogen and oxygen atoms in total. The topological polar surface area (TPSA) is 20.2 Å². The summed E-state index contributed by atoms with van der Waals surface area (Å²) in [6, 6.07) is 4.74. The lowest BCUT2D eigenvalue weighted by atomic mass is 10.0. The first-order chi connectivity index (χ1) is 8.58. The van der Waals surface area contributed by atoms with Gasteiger partial charge in [0.25, 0.3) is 0 Å². The van der Waals surface area contributed by atoms with Crippen molar-refractivity contribution in [2.24, 2.45) is 0 Å². The molecule has 1 heterocycles. The third-order valence-electron chi connectivity index (χ3n) is 3.05. The van der Waals surface area contributed by atoms with Gasteiger partial charge in [0.1, 0.15) is 5.82 Å². The molecule has 2 rings (SSSR count). The zero-order valence-electron chi connectivity index (χ0n) is 10.1. The van der Waals surface area contributed by atoms with Crippen molar-refractivity contribution >= 4 is 35.1 Å². The van der Waals surface area contributed by atoms with E-state index in [0.717, 1.165) is 17.1 Å². The van der Waals surface area contributed by atoms with E-state index < -0.39 is 11.9 Å². The average molecular weight is 307 g/mol. The van der Waals surface area contributed by atoms with E-state index >= 15 is 0 Å². The van der Waals surface area contributed by atoms with Crippen LogP contribution in [0.3, 0.4) is 0 Å². The second-order valence-electron chi connectivity index (χ2n) is 4.43. The molecule has 1 N–H and O–H groups in total. The van der Waals surface area contributed by atoms with E-state index in [2.05, 4.69) is 6.92 Å². The van der Waals surface area contributed by atoms with Gasteiger partial charge < -0.3 is 5.11 Å². The summed E-state index contributed by atoms with van der Waals surface area (Å²) in [5, 5.41) is 11.1. The number of benzene rings is 1. The van der Waals surface area contributed by atoms with Gasteiger partial charge >= 0.3 is 0 Å². The van der Waals surface area contributed by atoms with Crippen LogP contribution in [-0.2, 0) is 6.42 Å². The average Bonchev–Trinajstić information content (AvgIpc) is 2.34. The van der Waals surface area contributed by atoms with Crippen molar-refractivity contribution in [3.63, 3.8) is 0 Å². The number of aliphatic hydroxyl groups excluding tert-OH is 1.